The van der Waals surface area contributed by atoms with E-state index in [-0.39, 0.29) is 54.3 Å². The Labute approximate surface area is 113 Å². The number of nitrogens with one attached hydrogen (secondary N) is 1. The molecule has 15 heavy (non-hydrogen) atoms. The number of carbonyl (C=O) groups is 1. The zero-order valence-corrected chi connectivity index (χ0v) is 12.3. The molecule has 0 aliphatic heterocycles. The van der Waals surface area contributed by atoms with Gasteiger partial charge >= 0.3 is 29.6 Å². The summed E-state index contributed by atoms with van der Waals surface area (Å²) < 4.78 is 30.6. The van der Waals surface area contributed by atoms with E-state index >= 15 is 0 Å². The summed E-state index contributed by atoms with van der Waals surface area (Å²) in [5.41, 5.74) is 0. The van der Waals surface area contributed by atoms with E-state index in [0.29, 0.717) is 0 Å². The third-order valence-corrected chi connectivity index (χ3v) is 2.72. The van der Waals surface area contributed by atoms with Crippen molar-refractivity contribution < 1.29 is 47.3 Å². The average molecular weight is 245 g/mol. The smallest absolute Gasteiger partial charge is 0.748 e. The third-order valence-electron chi connectivity index (χ3n) is 1.93. The predicted octanol–water partition coefficient (Wildman–Crippen LogP) is -2.91. The molecule has 0 spiro atoms. The summed E-state index contributed by atoms with van der Waals surface area (Å²) in [6.45, 7) is 3.93. The van der Waals surface area contributed by atoms with Crippen molar-refractivity contribution in [1.29, 1.82) is 0 Å². The number of amides is 1. The average Bonchev–Trinajstić information content (AvgIpc) is 2.09. The second kappa shape index (κ2) is 8.52. The Morgan fingerprint density at radius 3 is 2.40 bits per heavy atom. The summed E-state index contributed by atoms with van der Waals surface area (Å²) >= 11 is 0. The molecule has 1 amide bonds. The van der Waals surface area contributed by atoms with Crippen molar-refractivity contribution in [2.75, 3.05) is 12.3 Å². The van der Waals surface area contributed by atoms with Gasteiger partial charge in [0.15, 0.2) is 0 Å². The van der Waals surface area contributed by atoms with Crippen LogP contribution in [-0.2, 0) is 14.9 Å². The Balaban J connectivity index is 0. The van der Waals surface area contributed by atoms with Gasteiger partial charge in [-0.05, 0) is 12.8 Å². The summed E-state index contributed by atoms with van der Waals surface area (Å²) in [6.07, 6.45) is 0.916. The van der Waals surface area contributed by atoms with E-state index in [4.69, 9.17) is 0 Å². The number of carbonyl (C=O) groups excluding carboxylic acids is 1. The van der Waals surface area contributed by atoms with Crippen LogP contribution in [0, 0.1) is 5.92 Å². The van der Waals surface area contributed by atoms with Crippen molar-refractivity contribution >= 4 is 16.0 Å². The van der Waals surface area contributed by atoms with Crippen LogP contribution in [-0.4, -0.2) is 31.2 Å². The van der Waals surface area contributed by atoms with Crippen LogP contribution >= 0.6 is 0 Å². The number of hydrogen-bond acceptors (Lipinski definition) is 4. The Morgan fingerprint density at radius 2 is 2.00 bits per heavy atom. The van der Waals surface area contributed by atoms with Gasteiger partial charge in [-0.2, -0.15) is 0 Å². The molecule has 0 fully saturated rings. The van der Waals surface area contributed by atoms with Crippen LogP contribution in [0.1, 0.15) is 26.7 Å². The predicted molar refractivity (Wildman–Crippen MR) is 51.6 cm³/mol. The van der Waals surface area contributed by atoms with Gasteiger partial charge in [0.25, 0.3) is 0 Å². The van der Waals surface area contributed by atoms with E-state index in [0.717, 1.165) is 6.42 Å². The Bertz CT molecular complexity index is 278. The molecular formula is C8H16NNaO4S. The molecule has 0 saturated carbocycles. The van der Waals surface area contributed by atoms with Gasteiger partial charge < -0.3 is 9.87 Å². The van der Waals surface area contributed by atoms with Gasteiger partial charge in [-0.3, -0.25) is 4.79 Å². The zero-order chi connectivity index (χ0) is 11.2. The summed E-state index contributed by atoms with van der Waals surface area (Å²) in [5.74, 6) is -0.594. The third kappa shape index (κ3) is 10.7. The van der Waals surface area contributed by atoms with Crippen LogP contribution in [0.2, 0.25) is 0 Å². The van der Waals surface area contributed by atoms with Gasteiger partial charge in [0, 0.05) is 18.2 Å². The van der Waals surface area contributed by atoms with Crippen LogP contribution < -0.4 is 34.9 Å². The van der Waals surface area contributed by atoms with Gasteiger partial charge in [-0.25, -0.2) is 8.42 Å². The number of rotatable bonds is 6. The summed E-state index contributed by atoms with van der Waals surface area (Å²) in [7, 11) is -4.15. The fraction of sp³-hybridized carbons (Fsp3) is 0.875. The second-order valence-corrected chi connectivity index (χ2v) is 4.74. The molecule has 0 bridgehead atoms. The molecule has 1 unspecified atom stereocenters. The minimum absolute atomic E-state index is 0. The molecule has 0 aromatic heterocycles. The molecule has 0 aliphatic rings. The van der Waals surface area contributed by atoms with Crippen LogP contribution in [0.4, 0.5) is 0 Å². The van der Waals surface area contributed by atoms with E-state index < -0.39 is 15.9 Å². The Hall–Kier alpha value is 0.380. The summed E-state index contributed by atoms with van der Waals surface area (Å²) in [4.78, 5) is 11.2. The molecule has 5 nitrogen and oxygen atoms in total. The van der Waals surface area contributed by atoms with Gasteiger partial charge in [0.05, 0.1) is 10.1 Å². The SMILES string of the molecule is CCC(C)C(=O)NCCCS(=O)(=O)[O-].[Na+]. The Morgan fingerprint density at radius 1 is 1.47 bits per heavy atom. The molecule has 0 aromatic rings. The van der Waals surface area contributed by atoms with E-state index in [9.17, 15) is 17.8 Å². The maximum atomic E-state index is 11.2. The summed E-state index contributed by atoms with van der Waals surface area (Å²) in [6, 6.07) is 0. The molecule has 84 valence electrons. The van der Waals surface area contributed by atoms with Crippen molar-refractivity contribution in [3.05, 3.63) is 0 Å². The van der Waals surface area contributed by atoms with Crippen LogP contribution in [0.3, 0.4) is 0 Å². The minimum Gasteiger partial charge on any atom is -0.748 e. The standard InChI is InChI=1S/C8H17NO4S.Na/c1-3-7(2)8(10)9-5-4-6-14(11,12)13;/h7H,3-6H2,1-2H3,(H,9,10)(H,11,12,13);/q;+1/p-1. The van der Waals surface area contributed by atoms with Gasteiger partial charge in [0.1, 0.15) is 0 Å². The fourth-order valence-electron chi connectivity index (χ4n) is 0.820. The molecular weight excluding hydrogens is 229 g/mol. The molecule has 0 heterocycles. The summed E-state index contributed by atoms with van der Waals surface area (Å²) in [5, 5.41) is 2.56. The first kappa shape index (κ1) is 17.8. The molecule has 0 saturated heterocycles. The van der Waals surface area contributed by atoms with E-state index in [1.54, 1.807) is 6.92 Å². The van der Waals surface area contributed by atoms with Crippen molar-refractivity contribution in [3.8, 4) is 0 Å². The monoisotopic (exact) mass is 245 g/mol. The van der Waals surface area contributed by atoms with Crippen molar-refractivity contribution in [2.24, 2.45) is 5.92 Å². The quantitative estimate of drug-likeness (QED) is 0.309. The second-order valence-electron chi connectivity index (χ2n) is 3.22. The van der Waals surface area contributed by atoms with Crippen LogP contribution in [0.15, 0.2) is 0 Å². The molecule has 0 aliphatic carbocycles. The van der Waals surface area contributed by atoms with Crippen molar-refractivity contribution in [1.82, 2.24) is 5.32 Å². The molecule has 1 atom stereocenters. The fourth-order valence-corrected chi connectivity index (χ4v) is 1.32. The van der Waals surface area contributed by atoms with Gasteiger partial charge in [0.2, 0.25) is 5.91 Å². The normalized spacial score (nSPS) is 12.7. The van der Waals surface area contributed by atoms with Gasteiger partial charge in [-0.1, -0.05) is 13.8 Å². The first-order valence-electron chi connectivity index (χ1n) is 4.58. The Kier molecular flexibility index (Phi) is 10.1. The molecule has 7 heteroatoms. The van der Waals surface area contributed by atoms with E-state index in [2.05, 4.69) is 5.32 Å². The van der Waals surface area contributed by atoms with Crippen molar-refractivity contribution in [2.45, 2.75) is 26.7 Å². The first-order chi connectivity index (χ1) is 6.37. The first-order valence-corrected chi connectivity index (χ1v) is 6.16. The topological polar surface area (TPSA) is 86.3 Å². The number of hydrogen-bond donors (Lipinski definition) is 1. The van der Waals surface area contributed by atoms with E-state index in [1.807, 2.05) is 6.92 Å². The van der Waals surface area contributed by atoms with Crippen LogP contribution in [0.5, 0.6) is 0 Å². The molecule has 0 rings (SSSR count). The van der Waals surface area contributed by atoms with Crippen LogP contribution in [0.25, 0.3) is 0 Å². The maximum Gasteiger partial charge on any atom is 1.00 e. The molecule has 0 radical (unpaired) electrons. The zero-order valence-electron chi connectivity index (χ0n) is 9.45. The molecule has 1 N–H and O–H groups in total. The maximum absolute atomic E-state index is 11.2. The molecule has 0 aromatic carbocycles. The van der Waals surface area contributed by atoms with Crippen molar-refractivity contribution in [3.63, 3.8) is 0 Å². The van der Waals surface area contributed by atoms with Gasteiger partial charge in [-0.15, -0.1) is 0 Å². The minimum atomic E-state index is -4.15. The van der Waals surface area contributed by atoms with E-state index in [1.165, 1.54) is 0 Å². The largest absolute Gasteiger partial charge is 1.00 e.